The van der Waals surface area contributed by atoms with Crippen LogP contribution in [0, 0.1) is 0 Å². The van der Waals surface area contributed by atoms with Crippen LogP contribution in [0.5, 0.6) is 0 Å². The Morgan fingerprint density at radius 1 is 1.33 bits per heavy atom. The molecule has 1 N–H and O–H groups in total. The van der Waals surface area contributed by atoms with Crippen molar-refractivity contribution in [1.29, 1.82) is 0 Å². The number of hydrogen-bond donors (Lipinski definition) is 1. The van der Waals surface area contributed by atoms with E-state index in [-0.39, 0.29) is 0 Å². The smallest absolute Gasteiger partial charge is 0.0167 e. The van der Waals surface area contributed by atoms with Gasteiger partial charge in [-0.15, -0.1) is 0 Å². The first-order valence-electron chi connectivity index (χ1n) is 5.68. The molecule has 0 saturated heterocycles. The summed E-state index contributed by atoms with van der Waals surface area (Å²) in [6.07, 6.45) is 3.41. The minimum Gasteiger partial charge on any atom is -0.311 e. The Kier molecular flexibility index (Phi) is 5.13. The Bertz CT molecular complexity index is 300. The molecule has 1 nitrogen and oxygen atoms in total. The van der Waals surface area contributed by atoms with Crippen molar-refractivity contribution in [1.82, 2.24) is 5.32 Å². The quantitative estimate of drug-likeness (QED) is 0.772. The molecule has 0 aliphatic rings. The molecule has 0 amide bonds. The van der Waals surface area contributed by atoms with E-state index in [1.165, 1.54) is 17.6 Å². The van der Waals surface area contributed by atoms with Gasteiger partial charge < -0.3 is 5.32 Å². The molecule has 0 radical (unpaired) electrons. The zero-order valence-electron chi connectivity index (χ0n) is 9.96. The van der Waals surface area contributed by atoms with Crippen molar-refractivity contribution in [2.24, 2.45) is 0 Å². The van der Waals surface area contributed by atoms with E-state index in [1.54, 1.807) is 0 Å². The van der Waals surface area contributed by atoms with Crippen LogP contribution in [-0.4, -0.2) is 12.6 Å². The standard InChI is InChI=1S/C14H21N/c1-4-13(3)15-11-12(2)10-14-8-6-5-7-9-14/h5-10,13,15H,4,11H2,1-3H3/b12-10+/t13-/m1/s1. The maximum atomic E-state index is 3.48. The predicted octanol–water partition coefficient (Wildman–Crippen LogP) is 3.48. The highest BCUT2D eigenvalue weighted by atomic mass is 14.9. The van der Waals surface area contributed by atoms with Crippen molar-refractivity contribution in [3.63, 3.8) is 0 Å². The van der Waals surface area contributed by atoms with Crippen LogP contribution < -0.4 is 5.32 Å². The summed E-state index contributed by atoms with van der Waals surface area (Å²) in [6.45, 7) is 7.57. The Morgan fingerprint density at radius 2 is 2.00 bits per heavy atom. The predicted molar refractivity (Wildman–Crippen MR) is 67.8 cm³/mol. The van der Waals surface area contributed by atoms with Crippen LogP contribution in [0.3, 0.4) is 0 Å². The monoisotopic (exact) mass is 203 g/mol. The summed E-state index contributed by atoms with van der Waals surface area (Å²) in [5.41, 5.74) is 2.66. The molecule has 0 heterocycles. The van der Waals surface area contributed by atoms with Crippen LogP contribution in [0.1, 0.15) is 32.8 Å². The molecule has 0 aromatic heterocycles. The van der Waals surface area contributed by atoms with Gasteiger partial charge in [0.15, 0.2) is 0 Å². The summed E-state index contributed by atoms with van der Waals surface area (Å²) in [5.74, 6) is 0. The summed E-state index contributed by atoms with van der Waals surface area (Å²) >= 11 is 0. The minimum atomic E-state index is 0.601. The van der Waals surface area contributed by atoms with Crippen molar-refractivity contribution in [2.75, 3.05) is 6.54 Å². The fraction of sp³-hybridized carbons (Fsp3) is 0.429. The van der Waals surface area contributed by atoms with E-state index in [0.29, 0.717) is 6.04 Å². The molecular weight excluding hydrogens is 182 g/mol. The van der Waals surface area contributed by atoms with Crippen LogP contribution in [0.15, 0.2) is 35.9 Å². The van der Waals surface area contributed by atoms with Crippen molar-refractivity contribution in [2.45, 2.75) is 33.2 Å². The lowest BCUT2D eigenvalue weighted by molar-refractivity contribution is 0.560. The zero-order valence-corrected chi connectivity index (χ0v) is 9.96. The highest BCUT2D eigenvalue weighted by molar-refractivity contribution is 5.52. The van der Waals surface area contributed by atoms with Gasteiger partial charge in [0.2, 0.25) is 0 Å². The van der Waals surface area contributed by atoms with E-state index >= 15 is 0 Å². The second-order valence-corrected chi connectivity index (χ2v) is 4.09. The SMILES string of the molecule is CC[C@@H](C)NC/C(C)=C/c1ccccc1. The summed E-state index contributed by atoms with van der Waals surface area (Å²) in [6, 6.07) is 11.1. The Hall–Kier alpha value is -1.08. The average Bonchev–Trinajstić information content (AvgIpc) is 2.27. The first-order valence-corrected chi connectivity index (χ1v) is 5.68. The molecule has 0 aliphatic carbocycles. The first kappa shape index (κ1) is 12.0. The molecule has 82 valence electrons. The molecule has 15 heavy (non-hydrogen) atoms. The number of rotatable bonds is 5. The van der Waals surface area contributed by atoms with E-state index in [0.717, 1.165) is 6.54 Å². The van der Waals surface area contributed by atoms with Gasteiger partial charge in [-0.2, -0.15) is 0 Å². The van der Waals surface area contributed by atoms with Gasteiger partial charge in [0.1, 0.15) is 0 Å². The van der Waals surface area contributed by atoms with E-state index in [9.17, 15) is 0 Å². The van der Waals surface area contributed by atoms with Crippen molar-refractivity contribution in [3.05, 3.63) is 41.5 Å². The first-order chi connectivity index (χ1) is 7.22. The molecular formula is C14H21N. The van der Waals surface area contributed by atoms with E-state index < -0.39 is 0 Å². The molecule has 1 aromatic carbocycles. The molecule has 1 rings (SSSR count). The van der Waals surface area contributed by atoms with Crippen LogP contribution in [0.2, 0.25) is 0 Å². The fourth-order valence-electron chi connectivity index (χ4n) is 1.36. The summed E-state index contributed by atoms with van der Waals surface area (Å²) in [7, 11) is 0. The normalized spacial score (nSPS) is 13.9. The molecule has 0 fully saturated rings. The van der Waals surface area contributed by atoms with Gasteiger partial charge in [0, 0.05) is 12.6 Å². The third-order valence-corrected chi connectivity index (χ3v) is 2.55. The number of benzene rings is 1. The lowest BCUT2D eigenvalue weighted by Crippen LogP contribution is -2.26. The summed E-state index contributed by atoms with van der Waals surface area (Å²) in [5, 5.41) is 3.48. The Morgan fingerprint density at radius 3 is 2.60 bits per heavy atom. The molecule has 1 aromatic rings. The molecule has 1 heteroatoms. The maximum Gasteiger partial charge on any atom is 0.0167 e. The Labute approximate surface area is 93.2 Å². The lowest BCUT2D eigenvalue weighted by atomic mass is 10.1. The molecule has 0 aliphatic heterocycles. The summed E-state index contributed by atoms with van der Waals surface area (Å²) in [4.78, 5) is 0. The van der Waals surface area contributed by atoms with Gasteiger partial charge in [0.25, 0.3) is 0 Å². The molecule has 0 bridgehead atoms. The fourth-order valence-corrected chi connectivity index (χ4v) is 1.36. The topological polar surface area (TPSA) is 12.0 Å². The third kappa shape index (κ3) is 4.80. The van der Waals surface area contributed by atoms with Crippen molar-refractivity contribution >= 4 is 6.08 Å². The number of hydrogen-bond acceptors (Lipinski definition) is 1. The van der Waals surface area contributed by atoms with Crippen LogP contribution in [-0.2, 0) is 0 Å². The molecule has 0 saturated carbocycles. The second kappa shape index (κ2) is 6.41. The largest absolute Gasteiger partial charge is 0.311 e. The summed E-state index contributed by atoms with van der Waals surface area (Å²) < 4.78 is 0. The number of nitrogens with one attached hydrogen (secondary N) is 1. The Balaban J connectivity index is 2.46. The maximum absolute atomic E-state index is 3.48. The highest BCUT2D eigenvalue weighted by Gasteiger charge is 1.96. The van der Waals surface area contributed by atoms with Crippen molar-refractivity contribution < 1.29 is 0 Å². The lowest BCUT2D eigenvalue weighted by Gasteiger charge is -2.11. The minimum absolute atomic E-state index is 0.601. The molecule has 1 atom stereocenters. The van der Waals surface area contributed by atoms with E-state index in [1.807, 2.05) is 6.07 Å². The van der Waals surface area contributed by atoms with E-state index in [2.05, 4.69) is 56.4 Å². The van der Waals surface area contributed by atoms with Gasteiger partial charge in [-0.1, -0.05) is 48.9 Å². The second-order valence-electron chi connectivity index (χ2n) is 4.09. The third-order valence-electron chi connectivity index (χ3n) is 2.55. The van der Waals surface area contributed by atoms with Crippen LogP contribution >= 0.6 is 0 Å². The van der Waals surface area contributed by atoms with Crippen molar-refractivity contribution in [3.8, 4) is 0 Å². The van der Waals surface area contributed by atoms with Gasteiger partial charge in [-0.25, -0.2) is 0 Å². The highest BCUT2D eigenvalue weighted by Crippen LogP contribution is 2.05. The van der Waals surface area contributed by atoms with Gasteiger partial charge in [-0.05, 0) is 25.8 Å². The van der Waals surface area contributed by atoms with Gasteiger partial charge >= 0.3 is 0 Å². The molecule has 0 unspecified atom stereocenters. The van der Waals surface area contributed by atoms with Gasteiger partial charge in [-0.3, -0.25) is 0 Å². The van der Waals surface area contributed by atoms with Crippen LogP contribution in [0.4, 0.5) is 0 Å². The van der Waals surface area contributed by atoms with Gasteiger partial charge in [0.05, 0.1) is 0 Å². The molecule has 0 spiro atoms. The van der Waals surface area contributed by atoms with Crippen LogP contribution in [0.25, 0.3) is 6.08 Å². The zero-order chi connectivity index (χ0) is 11.1. The van der Waals surface area contributed by atoms with E-state index in [4.69, 9.17) is 0 Å². The average molecular weight is 203 g/mol.